The van der Waals surface area contributed by atoms with Crippen LogP contribution >= 0.6 is 0 Å². The van der Waals surface area contributed by atoms with Crippen LogP contribution in [-0.4, -0.2) is 52.2 Å². The Morgan fingerprint density at radius 2 is 2.07 bits per heavy atom. The van der Waals surface area contributed by atoms with Crippen molar-refractivity contribution in [3.05, 3.63) is 53.3 Å². The minimum atomic E-state index is -0.747. The largest absolute Gasteiger partial charge is 0.424 e. The summed E-state index contributed by atoms with van der Waals surface area (Å²) in [5.41, 5.74) is 2.39. The van der Waals surface area contributed by atoms with Gasteiger partial charge in [0.05, 0.1) is 31.0 Å². The second-order valence-corrected chi connectivity index (χ2v) is 8.50. The molecule has 2 amide bonds. The molecular weight excluding hydrogens is 384 g/mol. The highest BCUT2D eigenvalue weighted by Gasteiger charge is 2.67. The molecule has 8 nitrogen and oxygen atoms in total. The lowest BCUT2D eigenvalue weighted by Crippen LogP contribution is -2.44. The summed E-state index contributed by atoms with van der Waals surface area (Å²) < 4.78 is 11.6. The Hall–Kier alpha value is -3.00. The van der Waals surface area contributed by atoms with Crippen LogP contribution in [0.15, 0.2) is 34.8 Å². The Balaban J connectivity index is 1.42. The van der Waals surface area contributed by atoms with Crippen LogP contribution < -0.4 is 4.90 Å². The number of aryl methyl sites for hydroxylation is 3. The first-order chi connectivity index (χ1) is 14.3. The minimum Gasteiger partial charge on any atom is -0.424 e. The second kappa shape index (κ2) is 6.50. The zero-order chi connectivity index (χ0) is 21.2. The first kappa shape index (κ1) is 19.0. The molecule has 0 N–H and O–H groups in total. The Morgan fingerprint density at radius 1 is 1.27 bits per heavy atom. The van der Waals surface area contributed by atoms with E-state index in [2.05, 4.69) is 10.2 Å². The van der Waals surface area contributed by atoms with E-state index >= 15 is 0 Å². The maximum absolute atomic E-state index is 13.5. The number of hydrogen-bond donors (Lipinski definition) is 0. The zero-order valence-corrected chi connectivity index (χ0v) is 17.5. The van der Waals surface area contributed by atoms with Gasteiger partial charge in [-0.15, -0.1) is 10.2 Å². The Bertz CT molecular complexity index is 1080. The fourth-order valence-corrected chi connectivity index (χ4v) is 4.83. The van der Waals surface area contributed by atoms with Crippen LogP contribution in [0.5, 0.6) is 0 Å². The normalized spacial score (nSPS) is 29.0. The molecule has 2 aromatic rings. The molecule has 2 bridgehead atoms. The van der Waals surface area contributed by atoms with Crippen LogP contribution in [0.1, 0.15) is 22.9 Å². The van der Waals surface area contributed by atoms with Gasteiger partial charge in [0, 0.05) is 19.7 Å². The van der Waals surface area contributed by atoms with Crippen molar-refractivity contribution in [1.82, 2.24) is 15.1 Å². The third-order valence-corrected chi connectivity index (χ3v) is 6.50. The van der Waals surface area contributed by atoms with Gasteiger partial charge >= 0.3 is 0 Å². The number of rotatable bonds is 4. The predicted octanol–water partition coefficient (Wildman–Crippen LogP) is 1.94. The summed E-state index contributed by atoms with van der Waals surface area (Å²) in [5.74, 6) is -0.493. The number of ether oxygens (including phenoxy) is 1. The highest BCUT2D eigenvalue weighted by Crippen LogP contribution is 2.53. The zero-order valence-electron chi connectivity index (χ0n) is 17.5. The van der Waals surface area contributed by atoms with Gasteiger partial charge in [0.25, 0.3) is 0 Å². The van der Waals surface area contributed by atoms with Gasteiger partial charge in [-0.3, -0.25) is 9.59 Å². The third kappa shape index (κ3) is 2.70. The van der Waals surface area contributed by atoms with Gasteiger partial charge in [-0.1, -0.05) is 18.2 Å². The van der Waals surface area contributed by atoms with Crippen molar-refractivity contribution in [2.45, 2.75) is 39.0 Å². The highest BCUT2D eigenvalue weighted by atomic mass is 16.5. The molecule has 0 radical (unpaired) electrons. The van der Waals surface area contributed by atoms with E-state index in [0.29, 0.717) is 18.3 Å². The van der Waals surface area contributed by atoms with E-state index in [0.717, 1.165) is 11.3 Å². The molecule has 4 heterocycles. The van der Waals surface area contributed by atoms with E-state index in [1.165, 1.54) is 10.5 Å². The minimum absolute atomic E-state index is 0.0644. The summed E-state index contributed by atoms with van der Waals surface area (Å²) in [4.78, 5) is 30.1. The lowest BCUT2D eigenvalue weighted by atomic mass is 9.76. The monoisotopic (exact) mass is 408 g/mol. The predicted molar refractivity (Wildman–Crippen MR) is 108 cm³/mol. The molecule has 0 unspecified atom stereocenters. The molecule has 4 atom stereocenters. The van der Waals surface area contributed by atoms with Gasteiger partial charge in [-0.25, -0.2) is 0 Å². The molecule has 8 heteroatoms. The van der Waals surface area contributed by atoms with E-state index in [1.54, 1.807) is 18.9 Å². The Morgan fingerprint density at radius 3 is 2.77 bits per heavy atom. The summed E-state index contributed by atoms with van der Waals surface area (Å²) in [7, 11) is 1.69. The van der Waals surface area contributed by atoms with E-state index in [1.807, 2.05) is 44.2 Å². The summed E-state index contributed by atoms with van der Waals surface area (Å²) in [5, 5.41) is 7.76. The van der Waals surface area contributed by atoms with E-state index in [4.69, 9.17) is 9.15 Å². The Labute approximate surface area is 174 Å². The number of carbonyl (C=O) groups excluding carboxylic acids is 2. The fourth-order valence-electron chi connectivity index (χ4n) is 4.83. The van der Waals surface area contributed by atoms with E-state index < -0.39 is 17.4 Å². The molecule has 30 heavy (non-hydrogen) atoms. The maximum Gasteiger partial charge on any atom is 0.235 e. The molecule has 1 spiro atoms. The molecular formula is C22H24N4O4. The van der Waals surface area contributed by atoms with Crippen LogP contribution in [0.2, 0.25) is 0 Å². The van der Waals surface area contributed by atoms with Crippen LogP contribution in [0.3, 0.4) is 0 Å². The van der Waals surface area contributed by atoms with Gasteiger partial charge in [0.1, 0.15) is 5.60 Å². The molecule has 3 aliphatic rings. The lowest BCUT2D eigenvalue weighted by Gasteiger charge is -2.27. The van der Waals surface area contributed by atoms with Gasteiger partial charge < -0.3 is 19.0 Å². The van der Waals surface area contributed by atoms with Crippen molar-refractivity contribution in [2.75, 3.05) is 18.5 Å². The summed E-state index contributed by atoms with van der Waals surface area (Å²) in [6, 6.07) is 5.98. The number of anilines is 1. The summed E-state index contributed by atoms with van der Waals surface area (Å²) >= 11 is 0. The van der Waals surface area contributed by atoms with Gasteiger partial charge in [-0.2, -0.15) is 0 Å². The average Bonchev–Trinajstić information content (AvgIpc) is 3.45. The molecule has 5 rings (SSSR count). The van der Waals surface area contributed by atoms with Gasteiger partial charge in [-0.05, 0) is 37.1 Å². The number of hydrogen-bond acceptors (Lipinski definition) is 6. The third-order valence-electron chi connectivity index (χ3n) is 6.50. The quantitative estimate of drug-likeness (QED) is 0.719. The smallest absolute Gasteiger partial charge is 0.235 e. The van der Waals surface area contributed by atoms with E-state index in [9.17, 15) is 9.59 Å². The van der Waals surface area contributed by atoms with Crippen molar-refractivity contribution in [1.29, 1.82) is 0 Å². The number of fused-ring (bicyclic) bond motifs is 1. The van der Waals surface area contributed by atoms with Crippen molar-refractivity contribution < 1.29 is 18.7 Å². The molecule has 2 fully saturated rings. The average molecular weight is 408 g/mol. The van der Waals surface area contributed by atoms with Crippen LogP contribution in [-0.2, 0) is 20.9 Å². The number of amides is 2. The first-order valence-electron chi connectivity index (χ1n) is 10.1. The van der Waals surface area contributed by atoms with Gasteiger partial charge in [0.15, 0.2) is 0 Å². The molecule has 2 saturated heterocycles. The number of carbonyl (C=O) groups is 2. The van der Waals surface area contributed by atoms with Crippen LogP contribution in [0.25, 0.3) is 0 Å². The van der Waals surface area contributed by atoms with Crippen molar-refractivity contribution in [3.8, 4) is 0 Å². The number of benzene rings is 1. The molecule has 1 aromatic heterocycles. The number of nitrogens with zero attached hydrogens (tertiary/aromatic N) is 4. The number of aromatic nitrogens is 2. The summed E-state index contributed by atoms with van der Waals surface area (Å²) in [6.07, 6.45) is 3.49. The second-order valence-electron chi connectivity index (χ2n) is 8.50. The maximum atomic E-state index is 13.5. The molecule has 0 aliphatic carbocycles. The Kier molecular flexibility index (Phi) is 4.12. The molecule has 3 aliphatic heterocycles. The molecule has 1 aromatic carbocycles. The van der Waals surface area contributed by atoms with Crippen LogP contribution in [0.4, 0.5) is 5.69 Å². The summed E-state index contributed by atoms with van der Waals surface area (Å²) in [6.45, 7) is 6.39. The van der Waals surface area contributed by atoms with Gasteiger partial charge in [0.2, 0.25) is 23.6 Å². The lowest BCUT2D eigenvalue weighted by molar-refractivity contribution is -0.139. The fraction of sp³-hybridized carbons (Fsp3) is 0.455. The first-order valence-corrected chi connectivity index (χ1v) is 10.1. The molecule has 0 saturated carbocycles. The van der Waals surface area contributed by atoms with E-state index in [-0.39, 0.29) is 24.5 Å². The standard InChI is InChI=1S/C22H24N4O4/c1-12-5-6-15(9-13(12)2)26-11-22-8-7-16(30-22)18(19(22)21(26)28)20(27)25(4)10-17-24-23-14(3)29-17/h5-9,16,18-19H,10-11H2,1-4H3/t16-,18+,19+,22-/m0/s1. The van der Waals surface area contributed by atoms with Crippen molar-refractivity contribution >= 4 is 17.5 Å². The van der Waals surface area contributed by atoms with Crippen molar-refractivity contribution in [3.63, 3.8) is 0 Å². The molecule has 156 valence electrons. The van der Waals surface area contributed by atoms with Crippen molar-refractivity contribution in [2.24, 2.45) is 11.8 Å². The van der Waals surface area contributed by atoms with Crippen LogP contribution in [0, 0.1) is 32.6 Å². The topological polar surface area (TPSA) is 88.8 Å². The highest BCUT2D eigenvalue weighted by molar-refractivity contribution is 6.03. The SMILES string of the molecule is Cc1nnc(CN(C)C(=O)[C@@H]2[C@@H]3C=C[C@@]4(CN(c5ccc(C)c(C)c5)C(=O)[C@@H]24)O3)o1.